The number of anilines is 1. The number of carbonyl (C=O) groups excluding carboxylic acids is 2. The molecular weight excluding hydrogens is 406 g/mol. The van der Waals surface area contributed by atoms with Crippen LogP contribution >= 0.6 is 15.9 Å². The second-order valence-corrected chi connectivity index (χ2v) is 7.11. The largest absolute Gasteiger partial charge is 0.349 e. The summed E-state index contributed by atoms with van der Waals surface area (Å²) < 4.78 is 27.7. The lowest BCUT2D eigenvalue weighted by Crippen LogP contribution is -2.35. The first-order chi connectivity index (χ1) is 12.4. The lowest BCUT2D eigenvalue weighted by molar-refractivity contribution is -0.126. The van der Waals surface area contributed by atoms with Crippen molar-refractivity contribution in [1.29, 1.82) is 0 Å². The van der Waals surface area contributed by atoms with E-state index >= 15 is 0 Å². The molecule has 0 aromatic heterocycles. The van der Waals surface area contributed by atoms with Crippen LogP contribution in [-0.2, 0) is 9.59 Å². The molecule has 2 aromatic rings. The van der Waals surface area contributed by atoms with Gasteiger partial charge >= 0.3 is 0 Å². The number of nitrogens with zero attached hydrogens (tertiary/aromatic N) is 1. The summed E-state index contributed by atoms with van der Waals surface area (Å²) in [5.74, 6) is -2.38. The van der Waals surface area contributed by atoms with Gasteiger partial charge in [-0.25, -0.2) is 8.78 Å². The van der Waals surface area contributed by atoms with Crippen LogP contribution in [0.2, 0.25) is 0 Å². The number of nitrogens with one attached hydrogen (secondary N) is 1. The van der Waals surface area contributed by atoms with Gasteiger partial charge in [0.1, 0.15) is 11.6 Å². The van der Waals surface area contributed by atoms with E-state index in [2.05, 4.69) is 21.2 Å². The Labute approximate surface area is 158 Å². The number of rotatable bonds is 4. The summed E-state index contributed by atoms with van der Waals surface area (Å²) in [6, 6.07) is 9.91. The van der Waals surface area contributed by atoms with Gasteiger partial charge in [-0.1, -0.05) is 18.2 Å². The summed E-state index contributed by atoms with van der Waals surface area (Å²) in [5.41, 5.74) is 0.914. The second-order valence-electron chi connectivity index (χ2n) is 6.25. The van der Waals surface area contributed by atoms with Gasteiger partial charge in [-0.15, -0.1) is 0 Å². The molecule has 1 fully saturated rings. The normalized spacial score (nSPS) is 18.1. The van der Waals surface area contributed by atoms with Crippen molar-refractivity contribution in [3.63, 3.8) is 0 Å². The predicted octanol–water partition coefficient (Wildman–Crippen LogP) is 3.96. The van der Waals surface area contributed by atoms with Crippen LogP contribution < -0.4 is 10.2 Å². The van der Waals surface area contributed by atoms with E-state index in [4.69, 9.17) is 0 Å². The summed E-state index contributed by atoms with van der Waals surface area (Å²) in [6.45, 7) is 1.88. The number of hydrogen-bond acceptors (Lipinski definition) is 2. The van der Waals surface area contributed by atoms with Gasteiger partial charge in [-0.2, -0.15) is 0 Å². The zero-order chi connectivity index (χ0) is 18.8. The Kier molecular flexibility index (Phi) is 5.36. The maximum absolute atomic E-state index is 13.9. The highest BCUT2D eigenvalue weighted by Gasteiger charge is 2.36. The average Bonchev–Trinajstić information content (AvgIpc) is 2.97. The SMILES string of the molecule is C[C@@H](NC(=O)[C@H]1CC(=O)N(c2ccccc2Br)C1)c1ccc(F)cc1F. The fourth-order valence-electron chi connectivity index (χ4n) is 3.05. The van der Waals surface area contributed by atoms with Crippen molar-refractivity contribution in [3.05, 3.63) is 64.1 Å². The Balaban J connectivity index is 1.69. The van der Waals surface area contributed by atoms with Gasteiger partial charge < -0.3 is 10.2 Å². The molecule has 2 amide bonds. The zero-order valence-electron chi connectivity index (χ0n) is 14.0. The Hall–Kier alpha value is -2.28. The molecular formula is C19H17BrF2N2O2. The highest BCUT2D eigenvalue weighted by Crippen LogP contribution is 2.31. The molecule has 4 nitrogen and oxygen atoms in total. The van der Waals surface area contributed by atoms with E-state index in [9.17, 15) is 18.4 Å². The number of hydrogen-bond donors (Lipinski definition) is 1. The Bertz CT molecular complexity index is 859. The smallest absolute Gasteiger partial charge is 0.227 e. The third kappa shape index (κ3) is 3.77. The van der Waals surface area contributed by atoms with Gasteiger partial charge in [0.15, 0.2) is 0 Å². The van der Waals surface area contributed by atoms with Gasteiger partial charge in [-0.05, 0) is 41.1 Å². The second kappa shape index (κ2) is 7.53. The van der Waals surface area contributed by atoms with Crippen molar-refractivity contribution in [2.24, 2.45) is 5.92 Å². The van der Waals surface area contributed by atoms with Crippen LogP contribution in [0.4, 0.5) is 14.5 Å². The molecule has 0 aliphatic carbocycles. The van der Waals surface area contributed by atoms with Gasteiger partial charge in [0.05, 0.1) is 17.6 Å². The standard InChI is InChI=1S/C19H17BrF2N2O2/c1-11(14-7-6-13(21)9-16(14)22)23-19(26)12-8-18(25)24(10-12)17-5-3-2-4-15(17)20/h2-7,9,11-12H,8,10H2,1H3,(H,23,26)/t11-,12+/m1/s1. The van der Waals surface area contributed by atoms with Crippen molar-refractivity contribution in [2.75, 3.05) is 11.4 Å². The molecule has 0 spiro atoms. The molecule has 3 rings (SSSR count). The van der Waals surface area contributed by atoms with E-state index in [1.165, 1.54) is 6.07 Å². The number of halogens is 3. The molecule has 1 aliphatic heterocycles. The first-order valence-electron chi connectivity index (χ1n) is 8.17. The summed E-state index contributed by atoms with van der Waals surface area (Å²) in [5, 5.41) is 2.71. The van der Waals surface area contributed by atoms with Crippen LogP contribution in [0.1, 0.15) is 24.9 Å². The van der Waals surface area contributed by atoms with E-state index in [-0.39, 0.29) is 30.3 Å². The van der Waals surface area contributed by atoms with E-state index in [0.29, 0.717) is 5.69 Å². The molecule has 0 bridgehead atoms. The van der Waals surface area contributed by atoms with Crippen molar-refractivity contribution < 1.29 is 18.4 Å². The van der Waals surface area contributed by atoms with Crippen LogP contribution in [0, 0.1) is 17.6 Å². The molecule has 26 heavy (non-hydrogen) atoms. The Morgan fingerprint density at radius 2 is 2.00 bits per heavy atom. The molecule has 0 radical (unpaired) electrons. The van der Waals surface area contributed by atoms with Crippen molar-refractivity contribution in [2.45, 2.75) is 19.4 Å². The molecule has 0 saturated carbocycles. The topological polar surface area (TPSA) is 49.4 Å². The lowest BCUT2D eigenvalue weighted by atomic mass is 10.0. The summed E-state index contributed by atoms with van der Waals surface area (Å²) in [4.78, 5) is 26.4. The number of carbonyl (C=O) groups is 2. The van der Waals surface area contributed by atoms with E-state index in [1.54, 1.807) is 17.9 Å². The van der Waals surface area contributed by atoms with Gasteiger partial charge in [0.2, 0.25) is 11.8 Å². The molecule has 7 heteroatoms. The van der Waals surface area contributed by atoms with E-state index < -0.39 is 23.6 Å². The minimum atomic E-state index is -0.713. The van der Waals surface area contributed by atoms with Crippen LogP contribution in [-0.4, -0.2) is 18.4 Å². The van der Waals surface area contributed by atoms with Crippen molar-refractivity contribution in [1.82, 2.24) is 5.32 Å². The van der Waals surface area contributed by atoms with E-state index in [0.717, 1.165) is 16.6 Å². The zero-order valence-corrected chi connectivity index (χ0v) is 15.6. The fourth-order valence-corrected chi connectivity index (χ4v) is 3.55. The molecule has 1 N–H and O–H groups in total. The summed E-state index contributed by atoms with van der Waals surface area (Å²) in [6.07, 6.45) is 0.0891. The quantitative estimate of drug-likeness (QED) is 0.810. The van der Waals surface area contributed by atoms with Crippen LogP contribution in [0.15, 0.2) is 46.9 Å². The number of amides is 2. The van der Waals surface area contributed by atoms with Crippen molar-refractivity contribution >= 4 is 33.4 Å². The summed E-state index contributed by atoms with van der Waals surface area (Å²) >= 11 is 3.41. The lowest BCUT2D eigenvalue weighted by Gasteiger charge is -2.20. The average molecular weight is 423 g/mol. The van der Waals surface area contributed by atoms with Crippen LogP contribution in [0.5, 0.6) is 0 Å². The highest BCUT2D eigenvalue weighted by molar-refractivity contribution is 9.10. The molecule has 2 aromatic carbocycles. The van der Waals surface area contributed by atoms with Gasteiger partial charge in [0, 0.05) is 29.1 Å². The molecule has 2 atom stereocenters. The van der Waals surface area contributed by atoms with Gasteiger partial charge in [-0.3, -0.25) is 9.59 Å². The number of benzene rings is 2. The first kappa shape index (κ1) is 18.5. The molecule has 0 unspecified atom stereocenters. The fraction of sp³-hybridized carbons (Fsp3) is 0.263. The Morgan fingerprint density at radius 3 is 2.69 bits per heavy atom. The molecule has 1 saturated heterocycles. The molecule has 1 heterocycles. The number of para-hydroxylation sites is 1. The monoisotopic (exact) mass is 422 g/mol. The third-order valence-electron chi connectivity index (χ3n) is 4.43. The maximum atomic E-state index is 13.9. The first-order valence-corrected chi connectivity index (χ1v) is 8.96. The maximum Gasteiger partial charge on any atom is 0.227 e. The molecule has 1 aliphatic rings. The van der Waals surface area contributed by atoms with Crippen molar-refractivity contribution in [3.8, 4) is 0 Å². The Morgan fingerprint density at radius 1 is 1.27 bits per heavy atom. The van der Waals surface area contributed by atoms with Crippen LogP contribution in [0.3, 0.4) is 0 Å². The minimum Gasteiger partial charge on any atom is -0.349 e. The predicted molar refractivity (Wildman–Crippen MR) is 97.5 cm³/mol. The molecule has 136 valence electrons. The third-order valence-corrected chi connectivity index (χ3v) is 5.10. The summed E-state index contributed by atoms with van der Waals surface area (Å²) in [7, 11) is 0. The van der Waals surface area contributed by atoms with E-state index in [1.807, 2.05) is 18.2 Å². The van der Waals surface area contributed by atoms with Crippen LogP contribution in [0.25, 0.3) is 0 Å². The highest BCUT2D eigenvalue weighted by atomic mass is 79.9. The van der Waals surface area contributed by atoms with Gasteiger partial charge in [0.25, 0.3) is 0 Å². The minimum absolute atomic E-state index is 0.0891.